The Bertz CT molecular complexity index is 1020. The molecule has 1 aliphatic rings. The summed E-state index contributed by atoms with van der Waals surface area (Å²) in [5.74, 6) is -0.291. The molecule has 3 heterocycles. The lowest BCUT2D eigenvalue weighted by Crippen LogP contribution is -2.48. The highest BCUT2D eigenvalue weighted by atomic mass is 19.1. The maximum atomic E-state index is 14.1. The van der Waals surface area contributed by atoms with Crippen LogP contribution in [0.2, 0.25) is 0 Å². The Morgan fingerprint density at radius 3 is 2.77 bits per heavy atom. The van der Waals surface area contributed by atoms with Crippen molar-refractivity contribution in [3.8, 4) is 17.1 Å². The van der Waals surface area contributed by atoms with E-state index in [1.165, 1.54) is 16.9 Å². The van der Waals surface area contributed by atoms with Crippen LogP contribution in [0.4, 0.5) is 4.39 Å². The lowest BCUT2D eigenvalue weighted by Gasteiger charge is -2.26. The molecule has 9 nitrogen and oxygen atoms in total. The first kappa shape index (κ1) is 19.9. The number of hydrazine groups is 1. The lowest BCUT2D eigenvalue weighted by molar-refractivity contribution is 0.0126. The summed E-state index contributed by atoms with van der Waals surface area (Å²) < 4.78 is 26.7. The Morgan fingerprint density at radius 1 is 1.23 bits per heavy atom. The number of nitrogens with one attached hydrogen (secondary N) is 1. The molecular weight excluding hydrogens is 391 g/mol. The van der Waals surface area contributed by atoms with Crippen molar-refractivity contribution in [1.82, 2.24) is 30.4 Å². The number of ether oxygens (including phenoxy) is 2. The number of morpholine rings is 1. The third kappa shape index (κ3) is 4.44. The van der Waals surface area contributed by atoms with Crippen LogP contribution in [0, 0.1) is 5.82 Å². The summed E-state index contributed by atoms with van der Waals surface area (Å²) in [5, 5.41) is 9.85. The monoisotopic (exact) mass is 412 g/mol. The van der Waals surface area contributed by atoms with Crippen molar-refractivity contribution in [2.45, 2.75) is 6.61 Å². The molecular formula is C20H21FN6O3. The highest BCUT2D eigenvalue weighted by Gasteiger charge is 2.17. The summed E-state index contributed by atoms with van der Waals surface area (Å²) in [5.41, 5.74) is 4.62. The number of carbonyl (C=O) groups is 1. The highest BCUT2D eigenvalue weighted by molar-refractivity contribution is 5.93. The molecule has 156 valence electrons. The van der Waals surface area contributed by atoms with Gasteiger partial charge in [0.15, 0.2) is 0 Å². The van der Waals surface area contributed by atoms with E-state index in [-0.39, 0.29) is 18.3 Å². The molecule has 3 aromatic rings. The van der Waals surface area contributed by atoms with E-state index in [4.69, 9.17) is 9.47 Å². The van der Waals surface area contributed by atoms with Gasteiger partial charge in [-0.05, 0) is 18.2 Å². The Hall–Kier alpha value is -3.37. The third-order valence-electron chi connectivity index (χ3n) is 4.70. The van der Waals surface area contributed by atoms with Gasteiger partial charge >= 0.3 is 0 Å². The molecule has 0 atom stereocenters. The molecule has 1 amide bonds. The zero-order valence-corrected chi connectivity index (χ0v) is 16.4. The average Bonchev–Trinajstić information content (AvgIpc) is 3.14. The quantitative estimate of drug-likeness (QED) is 0.657. The van der Waals surface area contributed by atoms with Crippen LogP contribution in [0.15, 0.2) is 42.6 Å². The second-order valence-corrected chi connectivity index (χ2v) is 6.70. The van der Waals surface area contributed by atoms with Crippen LogP contribution < -0.4 is 10.2 Å². The molecule has 0 bridgehead atoms. The minimum Gasteiger partial charge on any atom is -0.471 e. The van der Waals surface area contributed by atoms with Gasteiger partial charge in [0.2, 0.25) is 5.88 Å². The van der Waals surface area contributed by atoms with Gasteiger partial charge in [-0.2, -0.15) is 0 Å². The third-order valence-corrected chi connectivity index (χ3v) is 4.70. The number of aromatic nitrogens is 4. The predicted octanol–water partition coefficient (Wildman–Crippen LogP) is 1.57. The van der Waals surface area contributed by atoms with Crippen molar-refractivity contribution in [1.29, 1.82) is 0 Å². The molecule has 1 aliphatic heterocycles. The summed E-state index contributed by atoms with van der Waals surface area (Å²) in [4.78, 5) is 16.5. The van der Waals surface area contributed by atoms with E-state index in [9.17, 15) is 9.18 Å². The minimum atomic E-state index is -0.381. The molecule has 1 fully saturated rings. The van der Waals surface area contributed by atoms with Gasteiger partial charge in [0.05, 0.1) is 18.8 Å². The van der Waals surface area contributed by atoms with Crippen molar-refractivity contribution in [2.24, 2.45) is 7.05 Å². The van der Waals surface area contributed by atoms with Crippen LogP contribution in [0.3, 0.4) is 0 Å². The van der Waals surface area contributed by atoms with Crippen molar-refractivity contribution in [3.05, 3.63) is 59.7 Å². The zero-order valence-electron chi connectivity index (χ0n) is 16.4. The SMILES string of the molecule is Cn1nnc(-c2ccccc2F)c1COc1ccc(C(=O)NN2CCOCC2)cn1. The van der Waals surface area contributed by atoms with E-state index >= 15 is 0 Å². The number of hydrogen-bond acceptors (Lipinski definition) is 7. The van der Waals surface area contributed by atoms with Gasteiger partial charge in [0.1, 0.15) is 23.8 Å². The molecule has 0 radical (unpaired) electrons. The Morgan fingerprint density at radius 2 is 2.03 bits per heavy atom. The van der Waals surface area contributed by atoms with Crippen molar-refractivity contribution >= 4 is 5.91 Å². The average molecular weight is 412 g/mol. The largest absolute Gasteiger partial charge is 0.471 e. The summed E-state index contributed by atoms with van der Waals surface area (Å²) in [6.45, 7) is 2.55. The second kappa shape index (κ2) is 8.97. The first-order valence-corrected chi connectivity index (χ1v) is 9.48. The predicted molar refractivity (Wildman–Crippen MR) is 105 cm³/mol. The number of hydrogen-bond donors (Lipinski definition) is 1. The number of carbonyl (C=O) groups excluding carboxylic acids is 1. The van der Waals surface area contributed by atoms with E-state index in [0.29, 0.717) is 54.7 Å². The van der Waals surface area contributed by atoms with Gasteiger partial charge in [-0.15, -0.1) is 5.10 Å². The number of halogens is 1. The van der Waals surface area contributed by atoms with Gasteiger partial charge in [-0.25, -0.2) is 19.1 Å². The summed E-state index contributed by atoms with van der Waals surface area (Å²) in [7, 11) is 1.71. The van der Waals surface area contributed by atoms with Gasteiger partial charge < -0.3 is 9.47 Å². The van der Waals surface area contributed by atoms with Gasteiger partial charge in [0.25, 0.3) is 5.91 Å². The lowest BCUT2D eigenvalue weighted by atomic mass is 10.1. The Kier molecular flexibility index (Phi) is 5.96. The van der Waals surface area contributed by atoms with Crippen LogP contribution >= 0.6 is 0 Å². The number of nitrogens with zero attached hydrogens (tertiary/aromatic N) is 5. The maximum absolute atomic E-state index is 14.1. The Balaban J connectivity index is 1.41. The first-order chi connectivity index (χ1) is 14.6. The molecule has 0 unspecified atom stereocenters. The van der Waals surface area contributed by atoms with Crippen molar-refractivity contribution in [2.75, 3.05) is 26.3 Å². The number of pyridine rings is 1. The maximum Gasteiger partial charge on any atom is 0.267 e. The highest BCUT2D eigenvalue weighted by Crippen LogP contribution is 2.24. The van der Waals surface area contributed by atoms with E-state index in [0.717, 1.165) is 0 Å². The van der Waals surface area contributed by atoms with Gasteiger partial charge in [-0.1, -0.05) is 17.3 Å². The fraction of sp³-hybridized carbons (Fsp3) is 0.300. The molecule has 1 saturated heterocycles. The minimum absolute atomic E-state index is 0.0967. The van der Waals surface area contributed by atoms with Crippen LogP contribution in [0.1, 0.15) is 16.1 Å². The number of benzene rings is 1. The summed E-state index contributed by atoms with van der Waals surface area (Å²) in [6.07, 6.45) is 1.45. The van der Waals surface area contributed by atoms with E-state index in [2.05, 4.69) is 20.7 Å². The van der Waals surface area contributed by atoms with Crippen molar-refractivity contribution < 1.29 is 18.7 Å². The molecule has 10 heteroatoms. The molecule has 0 saturated carbocycles. The van der Waals surface area contributed by atoms with Crippen molar-refractivity contribution in [3.63, 3.8) is 0 Å². The van der Waals surface area contributed by atoms with Gasteiger partial charge in [-0.3, -0.25) is 10.2 Å². The first-order valence-electron chi connectivity index (χ1n) is 9.48. The smallest absolute Gasteiger partial charge is 0.267 e. The normalized spacial score (nSPS) is 14.5. The fourth-order valence-electron chi connectivity index (χ4n) is 3.03. The molecule has 0 spiro atoms. The molecule has 1 aromatic carbocycles. The molecule has 4 rings (SSSR count). The molecule has 30 heavy (non-hydrogen) atoms. The summed E-state index contributed by atoms with van der Waals surface area (Å²) in [6, 6.07) is 9.62. The van der Waals surface area contributed by atoms with Gasteiger partial charge in [0, 0.05) is 38.0 Å². The Labute approximate surface area is 172 Å². The number of aryl methyl sites for hydroxylation is 1. The molecule has 2 aromatic heterocycles. The van der Waals surface area contributed by atoms with E-state index in [1.54, 1.807) is 37.4 Å². The molecule has 1 N–H and O–H groups in total. The summed E-state index contributed by atoms with van der Waals surface area (Å²) >= 11 is 0. The topological polar surface area (TPSA) is 94.4 Å². The van der Waals surface area contributed by atoms with Crippen LogP contribution in [0.25, 0.3) is 11.3 Å². The van der Waals surface area contributed by atoms with E-state index < -0.39 is 0 Å². The van der Waals surface area contributed by atoms with Crippen LogP contribution in [0.5, 0.6) is 5.88 Å². The fourth-order valence-corrected chi connectivity index (χ4v) is 3.03. The van der Waals surface area contributed by atoms with Crippen LogP contribution in [-0.2, 0) is 18.4 Å². The zero-order chi connectivity index (χ0) is 20.9. The number of amides is 1. The molecule has 0 aliphatic carbocycles. The van der Waals surface area contributed by atoms with Crippen LogP contribution in [-0.4, -0.2) is 57.2 Å². The number of rotatable bonds is 6. The second-order valence-electron chi connectivity index (χ2n) is 6.70. The van der Waals surface area contributed by atoms with E-state index in [1.807, 2.05) is 5.01 Å². The standard InChI is InChI=1S/C20H21FN6O3/c1-26-17(19(23-25-26)15-4-2-3-5-16(15)21)13-30-18-7-6-14(12-22-18)20(28)24-27-8-10-29-11-9-27/h2-7,12H,8-11,13H2,1H3,(H,24,28).